The van der Waals surface area contributed by atoms with Gasteiger partial charge < -0.3 is 19.5 Å². The number of nitrogens with one attached hydrogen (secondary N) is 1. The summed E-state index contributed by atoms with van der Waals surface area (Å²) in [6, 6.07) is 0. The van der Waals surface area contributed by atoms with E-state index in [9.17, 15) is 4.79 Å². The van der Waals surface area contributed by atoms with E-state index in [1.165, 1.54) is 0 Å². The summed E-state index contributed by atoms with van der Waals surface area (Å²) in [5.41, 5.74) is 0. The second kappa shape index (κ2) is 9.30. The lowest BCUT2D eigenvalue weighted by atomic mass is 10.2. The van der Waals surface area contributed by atoms with Crippen LogP contribution in [0.1, 0.15) is 33.1 Å². The molecule has 106 valence electrons. The van der Waals surface area contributed by atoms with E-state index in [-0.39, 0.29) is 24.7 Å². The molecule has 1 aliphatic heterocycles. The van der Waals surface area contributed by atoms with Gasteiger partial charge in [-0.2, -0.15) is 0 Å². The molecule has 1 amide bonds. The predicted octanol–water partition coefficient (Wildman–Crippen LogP) is 1.11. The van der Waals surface area contributed by atoms with Crippen molar-refractivity contribution in [2.45, 2.75) is 45.3 Å². The summed E-state index contributed by atoms with van der Waals surface area (Å²) in [5.74, 6) is -0.0668. The van der Waals surface area contributed by atoms with Gasteiger partial charge in [-0.05, 0) is 33.1 Å². The van der Waals surface area contributed by atoms with Gasteiger partial charge in [0.15, 0.2) is 0 Å². The van der Waals surface area contributed by atoms with Gasteiger partial charge in [0.25, 0.3) is 0 Å². The molecule has 0 saturated carbocycles. The van der Waals surface area contributed by atoms with Crippen LogP contribution in [0.3, 0.4) is 0 Å². The van der Waals surface area contributed by atoms with Crippen LogP contribution in [0.2, 0.25) is 0 Å². The molecule has 1 aliphatic rings. The standard InChI is InChI=1S/C13H25NO4/c1-11(2)18-10-13(15)14-6-4-7-16-9-12-5-3-8-17-12/h11-12H,3-10H2,1-2H3,(H,14,15). The van der Waals surface area contributed by atoms with Gasteiger partial charge in [-0.3, -0.25) is 4.79 Å². The molecular weight excluding hydrogens is 234 g/mol. The van der Waals surface area contributed by atoms with E-state index in [0.717, 1.165) is 25.9 Å². The topological polar surface area (TPSA) is 56.8 Å². The van der Waals surface area contributed by atoms with Crippen LogP contribution in [0, 0.1) is 0 Å². The highest BCUT2D eigenvalue weighted by Crippen LogP contribution is 2.11. The van der Waals surface area contributed by atoms with E-state index in [1.807, 2.05) is 13.8 Å². The van der Waals surface area contributed by atoms with Gasteiger partial charge >= 0.3 is 0 Å². The molecule has 0 aliphatic carbocycles. The normalized spacial score (nSPS) is 19.4. The van der Waals surface area contributed by atoms with Crippen LogP contribution in [0.5, 0.6) is 0 Å². The lowest BCUT2D eigenvalue weighted by molar-refractivity contribution is -0.127. The molecule has 1 saturated heterocycles. The molecule has 1 N–H and O–H groups in total. The summed E-state index contributed by atoms with van der Waals surface area (Å²) in [5, 5.41) is 2.79. The van der Waals surface area contributed by atoms with Crippen molar-refractivity contribution in [2.75, 3.05) is 33.0 Å². The highest BCUT2D eigenvalue weighted by molar-refractivity contribution is 5.77. The Labute approximate surface area is 109 Å². The Kier molecular flexibility index (Phi) is 7.96. The maximum atomic E-state index is 11.3. The highest BCUT2D eigenvalue weighted by Gasteiger charge is 2.14. The van der Waals surface area contributed by atoms with E-state index in [2.05, 4.69) is 5.32 Å². The Morgan fingerprint density at radius 1 is 1.50 bits per heavy atom. The number of rotatable bonds is 9. The zero-order chi connectivity index (χ0) is 13.2. The van der Waals surface area contributed by atoms with E-state index in [1.54, 1.807) is 0 Å². The number of carbonyl (C=O) groups is 1. The minimum atomic E-state index is -0.0668. The maximum absolute atomic E-state index is 11.3. The third-order valence-corrected chi connectivity index (χ3v) is 2.66. The van der Waals surface area contributed by atoms with E-state index >= 15 is 0 Å². The van der Waals surface area contributed by atoms with Gasteiger partial charge in [-0.15, -0.1) is 0 Å². The van der Waals surface area contributed by atoms with Gasteiger partial charge in [-0.1, -0.05) is 0 Å². The second-order valence-corrected chi connectivity index (χ2v) is 4.77. The Balaban J connectivity index is 1.84. The number of ether oxygens (including phenoxy) is 3. The summed E-state index contributed by atoms with van der Waals surface area (Å²) in [7, 11) is 0. The Bertz CT molecular complexity index is 227. The first-order valence-corrected chi connectivity index (χ1v) is 6.76. The van der Waals surface area contributed by atoms with Crippen molar-refractivity contribution in [3.8, 4) is 0 Å². The monoisotopic (exact) mass is 259 g/mol. The number of hydrogen-bond acceptors (Lipinski definition) is 4. The molecule has 0 aromatic heterocycles. The first-order chi connectivity index (χ1) is 8.68. The molecule has 5 heteroatoms. The van der Waals surface area contributed by atoms with Crippen LogP contribution in [0.15, 0.2) is 0 Å². The molecule has 1 rings (SSSR count). The second-order valence-electron chi connectivity index (χ2n) is 4.77. The van der Waals surface area contributed by atoms with E-state index in [0.29, 0.717) is 19.8 Å². The van der Waals surface area contributed by atoms with Crippen molar-refractivity contribution in [3.05, 3.63) is 0 Å². The SMILES string of the molecule is CC(C)OCC(=O)NCCCOCC1CCCO1. The summed E-state index contributed by atoms with van der Waals surface area (Å²) >= 11 is 0. The van der Waals surface area contributed by atoms with Crippen molar-refractivity contribution < 1.29 is 19.0 Å². The molecule has 1 unspecified atom stereocenters. The fourth-order valence-corrected chi connectivity index (χ4v) is 1.69. The number of amides is 1. The molecule has 0 spiro atoms. The average Bonchev–Trinajstić information content (AvgIpc) is 2.84. The third kappa shape index (κ3) is 7.63. The lowest BCUT2D eigenvalue weighted by Crippen LogP contribution is -2.30. The molecule has 0 aromatic rings. The summed E-state index contributed by atoms with van der Waals surface area (Å²) in [6.07, 6.45) is 3.42. The zero-order valence-electron chi connectivity index (χ0n) is 11.4. The first kappa shape index (κ1) is 15.4. The highest BCUT2D eigenvalue weighted by atomic mass is 16.5. The molecule has 0 aromatic carbocycles. The minimum absolute atomic E-state index is 0.0668. The van der Waals surface area contributed by atoms with Crippen LogP contribution in [-0.4, -0.2) is 51.1 Å². The van der Waals surface area contributed by atoms with E-state index in [4.69, 9.17) is 14.2 Å². The molecule has 1 fully saturated rings. The van der Waals surface area contributed by atoms with Crippen LogP contribution in [0.25, 0.3) is 0 Å². The van der Waals surface area contributed by atoms with Crippen molar-refractivity contribution in [1.82, 2.24) is 5.32 Å². The quantitative estimate of drug-likeness (QED) is 0.630. The van der Waals surface area contributed by atoms with Gasteiger partial charge in [0.1, 0.15) is 6.61 Å². The number of hydrogen-bond donors (Lipinski definition) is 1. The van der Waals surface area contributed by atoms with Gasteiger partial charge in [-0.25, -0.2) is 0 Å². The van der Waals surface area contributed by atoms with Crippen LogP contribution in [-0.2, 0) is 19.0 Å². The molecule has 18 heavy (non-hydrogen) atoms. The lowest BCUT2D eigenvalue weighted by Gasteiger charge is -2.10. The molecule has 1 heterocycles. The van der Waals surface area contributed by atoms with Gasteiger partial charge in [0.05, 0.1) is 18.8 Å². The minimum Gasteiger partial charge on any atom is -0.379 e. The fourth-order valence-electron chi connectivity index (χ4n) is 1.69. The molecule has 0 radical (unpaired) electrons. The van der Waals surface area contributed by atoms with Crippen LogP contribution in [0.4, 0.5) is 0 Å². The first-order valence-electron chi connectivity index (χ1n) is 6.76. The van der Waals surface area contributed by atoms with Gasteiger partial charge in [0, 0.05) is 19.8 Å². The third-order valence-electron chi connectivity index (χ3n) is 2.66. The smallest absolute Gasteiger partial charge is 0.246 e. The van der Waals surface area contributed by atoms with Crippen LogP contribution >= 0.6 is 0 Å². The van der Waals surface area contributed by atoms with E-state index < -0.39 is 0 Å². The summed E-state index contributed by atoms with van der Waals surface area (Å²) in [6.45, 7) is 6.77. The Morgan fingerprint density at radius 3 is 3.00 bits per heavy atom. The molecule has 0 bridgehead atoms. The van der Waals surface area contributed by atoms with Crippen molar-refractivity contribution in [2.24, 2.45) is 0 Å². The Hall–Kier alpha value is -0.650. The number of carbonyl (C=O) groups excluding carboxylic acids is 1. The molecular formula is C13H25NO4. The van der Waals surface area contributed by atoms with Crippen LogP contribution < -0.4 is 5.32 Å². The zero-order valence-corrected chi connectivity index (χ0v) is 11.4. The largest absolute Gasteiger partial charge is 0.379 e. The van der Waals surface area contributed by atoms with Crippen molar-refractivity contribution in [1.29, 1.82) is 0 Å². The van der Waals surface area contributed by atoms with Crippen molar-refractivity contribution in [3.63, 3.8) is 0 Å². The van der Waals surface area contributed by atoms with Crippen molar-refractivity contribution >= 4 is 5.91 Å². The molecule has 1 atom stereocenters. The predicted molar refractivity (Wildman–Crippen MR) is 68.5 cm³/mol. The average molecular weight is 259 g/mol. The fraction of sp³-hybridized carbons (Fsp3) is 0.923. The maximum Gasteiger partial charge on any atom is 0.246 e. The summed E-state index contributed by atoms with van der Waals surface area (Å²) < 4.78 is 16.1. The Morgan fingerprint density at radius 2 is 2.33 bits per heavy atom. The summed E-state index contributed by atoms with van der Waals surface area (Å²) in [4.78, 5) is 11.3. The van der Waals surface area contributed by atoms with Gasteiger partial charge in [0.2, 0.25) is 5.91 Å². The molecule has 5 nitrogen and oxygen atoms in total.